The zero-order valence-electron chi connectivity index (χ0n) is 73.4. The second kappa shape index (κ2) is 80.7. The van der Waals surface area contributed by atoms with Crippen molar-refractivity contribution in [2.75, 3.05) is 264 Å². The summed E-state index contributed by atoms with van der Waals surface area (Å²) >= 11 is 0. The Bertz CT molecular complexity index is 2450. The molecule has 1 saturated carbocycles. The van der Waals surface area contributed by atoms with Crippen LogP contribution in [0.15, 0.2) is 24.3 Å². The molecule has 718 valence electrons. The summed E-state index contributed by atoms with van der Waals surface area (Å²) in [6, 6.07) is -2.13. The highest BCUT2D eigenvalue weighted by molar-refractivity contribution is 5.83. The van der Waals surface area contributed by atoms with Gasteiger partial charge in [-0.25, -0.2) is 9.59 Å². The Morgan fingerprint density at radius 1 is 0.352 bits per heavy atom. The van der Waals surface area contributed by atoms with Crippen LogP contribution in [-0.4, -0.2) is 379 Å². The maximum absolute atomic E-state index is 12.5. The van der Waals surface area contributed by atoms with Crippen molar-refractivity contribution in [3.05, 3.63) is 24.3 Å². The van der Waals surface area contributed by atoms with E-state index in [9.17, 15) is 50.1 Å². The summed E-state index contributed by atoms with van der Waals surface area (Å²) < 4.78 is 95.5. The van der Waals surface area contributed by atoms with E-state index >= 15 is 0 Å². The molecule has 1 fully saturated rings. The number of alkyl carbamates (subject to hydrolysis) is 1. The van der Waals surface area contributed by atoms with Crippen LogP contribution in [0.4, 0.5) is 4.79 Å². The largest absolute Gasteiger partial charge is 0.480 e. The fourth-order valence-corrected chi connectivity index (χ4v) is 14.4. The molecular formula is C84H165N11O27. The molecular weight excluding hydrogens is 1590 g/mol. The van der Waals surface area contributed by atoms with Gasteiger partial charge in [0, 0.05) is 76.0 Å². The van der Waals surface area contributed by atoms with E-state index in [0.29, 0.717) is 344 Å². The van der Waals surface area contributed by atoms with E-state index in [1.165, 1.54) is 12.8 Å². The number of allylic oxidation sites excluding steroid dienone is 4. The quantitative estimate of drug-likeness (QED) is 0.0220. The molecule has 0 heterocycles. The Morgan fingerprint density at radius 3 is 1.09 bits per heavy atom. The number of aliphatic hydroxyl groups is 6. The Hall–Kier alpha value is -3.55. The molecule has 0 spiro atoms. The van der Waals surface area contributed by atoms with Crippen molar-refractivity contribution in [3.63, 3.8) is 0 Å². The predicted molar refractivity (Wildman–Crippen MR) is 458 cm³/mol. The molecule has 0 aromatic carbocycles. The number of carboxylic acids is 1. The van der Waals surface area contributed by atoms with Crippen molar-refractivity contribution in [2.24, 2.45) is 52.5 Å². The molecule has 0 radical (unpaired) electrons. The minimum Gasteiger partial charge on any atom is -0.480 e. The highest BCUT2D eigenvalue weighted by Gasteiger charge is 2.49. The van der Waals surface area contributed by atoms with Gasteiger partial charge in [0.1, 0.15) is 37.2 Å². The number of rotatable bonds is 92. The van der Waals surface area contributed by atoms with E-state index in [1.807, 2.05) is 0 Å². The standard InChI is InChI=1S/C84H165N11O27/c85-27-9-5-18-72(76(96)22-13-34-106-42-50-114-58-59-115-52-44-108-36-24-78(98)93-73(19-6-10-28-86)81(101)90-32-40-112-48-56-120-64-61-118-54-46-110-38-26-80(100)95-75(83(103)104)21-8-12-30-88)92-77(97)23-35-107-43-51-116-60-63-119-55-47-111-39-31-89-82(102)74(20-7-11-29-87)94-79(99)25-37-109-45-53-117-62-65-121-57-49-113-41-33-91-84(105)122-66-71-69-16-3-1-14-67(69)68-15-2-4-17-70(68)71/h1,4,14,17,67-79,81-82,89-90,92-94,96-99,101-102H,2-3,5-13,15-16,18-66,85-88H2,(H,91,105)(H,95,100)(H,103,104). The molecule has 0 saturated heterocycles. The molecule has 3 aliphatic carbocycles. The third-order valence-electron chi connectivity index (χ3n) is 21.0. The van der Waals surface area contributed by atoms with Crippen LogP contribution in [0.5, 0.6) is 0 Å². The zero-order valence-corrected chi connectivity index (χ0v) is 73.4. The molecule has 3 rings (SSSR count). The predicted octanol–water partition coefficient (Wildman–Crippen LogP) is 0.206. The monoisotopic (exact) mass is 1760 g/mol. The number of nitrogens with one attached hydrogen (secondary N) is 7. The summed E-state index contributed by atoms with van der Waals surface area (Å²) in [5.41, 5.74) is 22.6. The fraction of sp³-hybridized carbons (Fsp3) is 0.917. The van der Waals surface area contributed by atoms with Crippen LogP contribution in [0.25, 0.3) is 0 Å². The first-order valence-corrected chi connectivity index (χ1v) is 45.4. The van der Waals surface area contributed by atoms with Crippen LogP contribution >= 0.6 is 0 Å². The fourth-order valence-electron chi connectivity index (χ4n) is 14.4. The number of amides is 2. The molecule has 122 heavy (non-hydrogen) atoms. The van der Waals surface area contributed by atoms with Crippen LogP contribution in [0.1, 0.15) is 141 Å². The van der Waals surface area contributed by atoms with Gasteiger partial charge in [0.2, 0.25) is 5.91 Å². The number of aliphatic carboxylic acids is 1. The van der Waals surface area contributed by atoms with Crippen LogP contribution < -0.4 is 60.2 Å². The van der Waals surface area contributed by atoms with E-state index < -0.39 is 67.4 Å². The zero-order chi connectivity index (χ0) is 88.0. The molecule has 0 aromatic heterocycles. The topological polar surface area (TPSA) is 538 Å². The second-order valence-corrected chi connectivity index (χ2v) is 30.6. The van der Waals surface area contributed by atoms with Crippen LogP contribution in [0.2, 0.25) is 0 Å². The number of carboxylic acid groups (broad SMARTS) is 1. The number of aliphatic hydroxyl groups excluding tert-OH is 6. The third-order valence-corrected chi connectivity index (χ3v) is 21.0. The van der Waals surface area contributed by atoms with Crippen LogP contribution in [0.3, 0.4) is 0 Å². The number of hydrogen-bond acceptors (Lipinski definition) is 35. The van der Waals surface area contributed by atoms with Gasteiger partial charge in [-0.05, 0) is 146 Å². The summed E-state index contributed by atoms with van der Waals surface area (Å²) in [7, 11) is 0. The van der Waals surface area contributed by atoms with Crippen molar-refractivity contribution in [1.82, 2.24) is 37.2 Å². The van der Waals surface area contributed by atoms with Gasteiger partial charge in [-0.2, -0.15) is 0 Å². The van der Waals surface area contributed by atoms with Gasteiger partial charge >= 0.3 is 12.1 Å². The second-order valence-electron chi connectivity index (χ2n) is 30.6. The molecule has 0 aliphatic heterocycles. The van der Waals surface area contributed by atoms with Crippen molar-refractivity contribution < 1.29 is 131 Å². The van der Waals surface area contributed by atoms with Gasteiger partial charge in [0.15, 0.2) is 0 Å². The number of hydrogen-bond donors (Lipinski definition) is 18. The van der Waals surface area contributed by atoms with Gasteiger partial charge < -0.3 is 150 Å². The SMILES string of the molecule is NCCCCC(NC(=O)CCOCCOCCOCCOCCNC(O)C(CCCCN)NC(O)CCOCCOCCOCCOCCCC(O)C(CCCCN)NC(O)CCOCCOCCOCCOCCNC(O)C(CCCCN)NC(O)CCOCCOCCOCCOCCNC(=O)OCC1C2C=CCCC2C2C=CCCC21)C(=O)O. The summed E-state index contributed by atoms with van der Waals surface area (Å²) in [4.78, 5) is 35.9. The lowest BCUT2D eigenvalue weighted by molar-refractivity contribution is -0.142. The average Bonchev–Trinajstić information content (AvgIpc) is 1.62. The van der Waals surface area contributed by atoms with Crippen molar-refractivity contribution in [1.29, 1.82) is 0 Å². The Kier molecular flexibility index (Phi) is 74.5. The summed E-state index contributed by atoms with van der Waals surface area (Å²) in [5.74, 6) is 1.27. The van der Waals surface area contributed by atoms with E-state index in [1.54, 1.807) is 0 Å². The average molecular weight is 1760 g/mol. The van der Waals surface area contributed by atoms with E-state index in [2.05, 4.69) is 61.5 Å². The lowest BCUT2D eigenvalue weighted by Crippen LogP contribution is -2.52. The Labute approximate surface area is 726 Å². The summed E-state index contributed by atoms with van der Waals surface area (Å²) in [6.45, 7) is 14.8. The van der Waals surface area contributed by atoms with Gasteiger partial charge in [-0.15, -0.1) is 0 Å². The maximum atomic E-state index is 12.5. The van der Waals surface area contributed by atoms with Crippen molar-refractivity contribution in [3.8, 4) is 0 Å². The van der Waals surface area contributed by atoms with E-state index in [0.717, 1.165) is 51.4 Å². The summed E-state index contributed by atoms with van der Waals surface area (Å²) in [5, 5.41) is 95.3. The number of unbranched alkanes of at least 4 members (excludes halogenated alkanes) is 4. The van der Waals surface area contributed by atoms with Crippen LogP contribution in [-0.2, 0) is 90.1 Å². The first-order chi connectivity index (χ1) is 59.7. The first kappa shape index (κ1) is 113. The highest BCUT2D eigenvalue weighted by Crippen LogP contribution is 2.54. The van der Waals surface area contributed by atoms with E-state index in [4.69, 9.17) is 103 Å². The Morgan fingerprint density at radius 2 is 0.689 bits per heavy atom. The molecule has 15 unspecified atom stereocenters. The highest BCUT2D eigenvalue weighted by atomic mass is 16.6. The van der Waals surface area contributed by atoms with Gasteiger partial charge in [-0.3, -0.25) is 31.4 Å². The minimum atomic E-state index is -1.07. The number of fused-ring (bicyclic) bond motifs is 3. The normalized spacial score (nSPS) is 18.9. The van der Waals surface area contributed by atoms with Gasteiger partial charge in [0.25, 0.3) is 0 Å². The molecule has 22 N–H and O–H groups in total. The first-order valence-electron chi connectivity index (χ1n) is 45.4. The van der Waals surface area contributed by atoms with Crippen LogP contribution in [0, 0.1) is 29.6 Å². The van der Waals surface area contributed by atoms with Crippen molar-refractivity contribution in [2.45, 2.75) is 203 Å². The smallest absolute Gasteiger partial charge is 0.407 e. The lowest BCUT2D eigenvalue weighted by Gasteiger charge is -2.28. The minimum absolute atomic E-state index is 0.0451. The Balaban J connectivity index is 1.06. The third kappa shape index (κ3) is 61.0. The number of carbonyl (C=O) groups excluding carboxylic acids is 2. The number of carbonyl (C=O) groups is 3. The van der Waals surface area contributed by atoms with Gasteiger partial charge in [0.05, 0.1) is 218 Å². The van der Waals surface area contributed by atoms with Gasteiger partial charge in [-0.1, -0.05) is 43.6 Å². The molecule has 0 bridgehead atoms. The lowest BCUT2D eigenvalue weighted by atomic mass is 9.78. The number of nitrogens with two attached hydrogens (primary N) is 4. The molecule has 38 heteroatoms. The molecule has 3 aliphatic rings. The molecule has 38 nitrogen and oxygen atoms in total. The molecule has 15 atom stereocenters. The molecule has 2 amide bonds. The maximum Gasteiger partial charge on any atom is 0.407 e. The number of ether oxygens (including phenoxy) is 17. The van der Waals surface area contributed by atoms with E-state index in [-0.39, 0.29) is 38.2 Å². The summed E-state index contributed by atoms with van der Waals surface area (Å²) in [6.07, 6.45) is 18.7. The molecule has 0 aromatic rings. The van der Waals surface area contributed by atoms with Crippen molar-refractivity contribution >= 4 is 18.0 Å².